The molecule has 0 spiro atoms. The largest absolute Gasteiger partial charge is 0.350 e. The Hall–Kier alpha value is -2.84. The minimum atomic E-state index is 0.00695. The molecule has 1 aliphatic carbocycles. The van der Waals surface area contributed by atoms with E-state index in [4.69, 9.17) is 0 Å². The fourth-order valence-corrected chi connectivity index (χ4v) is 3.98. The van der Waals surface area contributed by atoms with Gasteiger partial charge in [0.1, 0.15) is 0 Å². The van der Waals surface area contributed by atoms with Crippen LogP contribution in [0, 0.1) is 0 Å². The summed E-state index contributed by atoms with van der Waals surface area (Å²) in [4.78, 5) is 34.7. The van der Waals surface area contributed by atoms with Gasteiger partial charge in [-0.3, -0.25) is 14.4 Å². The van der Waals surface area contributed by atoms with Gasteiger partial charge in [0.2, 0.25) is 0 Å². The minimum absolute atomic E-state index is 0.00695. The quantitative estimate of drug-likeness (QED) is 0.806. The van der Waals surface area contributed by atoms with Crippen LogP contribution < -0.4 is 15.4 Å². The molecule has 2 amide bonds. The molecule has 2 saturated heterocycles. The lowest BCUT2D eigenvalue weighted by molar-refractivity contribution is 0.229. The first-order valence-corrected chi connectivity index (χ1v) is 9.50. The monoisotopic (exact) mass is 369 g/mol. The second-order valence-electron chi connectivity index (χ2n) is 7.62. The molecule has 1 unspecified atom stereocenters. The number of carbonyl (C=O) groups excluding carboxylic acids is 1. The van der Waals surface area contributed by atoms with Crippen LogP contribution in [0.5, 0.6) is 0 Å². The number of rotatable bonds is 4. The van der Waals surface area contributed by atoms with Crippen LogP contribution in [0.15, 0.2) is 29.6 Å². The van der Waals surface area contributed by atoms with Gasteiger partial charge in [0, 0.05) is 57.9 Å². The third-order valence-electron chi connectivity index (χ3n) is 5.74. The minimum Gasteiger partial charge on any atom is -0.350 e. The van der Waals surface area contributed by atoms with Crippen LogP contribution in [0.25, 0.3) is 0 Å². The summed E-state index contributed by atoms with van der Waals surface area (Å²) >= 11 is 0. The number of amides is 2. The van der Waals surface area contributed by atoms with Crippen molar-refractivity contribution in [3.8, 4) is 0 Å². The predicted octanol–water partition coefficient (Wildman–Crippen LogP) is 1.10. The highest BCUT2D eigenvalue weighted by atomic mass is 16.2. The Morgan fingerprint density at radius 3 is 2.67 bits per heavy atom. The third-order valence-corrected chi connectivity index (χ3v) is 5.74. The maximum absolute atomic E-state index is 12.7. The number of hydrogen-bond acceptors (Lipinski definition) is 5. The van der Waals surface area contributed by atoms with Crippen LogP contribution in [0.1, 0.15) is 31.3 Å². The fourth-order valence-electron chi connectivity index (χ4n) is 3.98. The number of nitrogens with zero attached hydrogens (tertiary/aromatic N) is 7. The van der Waals surface area contributed by atoms with Gasteiger partial charge in [0.05, 0.1) is 17.9 Å². The number of hydrogen-bond donors (Lipinski definition) is 0. The molecule has 0 aromatic carbocycles. The lowest BCUT2D eigenvalue weighted by Crippen LogP contribution is -2.32. The van der Waals surface area contributed by atoms with E-state index in [1.807, 2.05) is 22.5 Å². The zero-order valence-electron chi connectivity index (χ0n) is 15.4. The predicted molar refractivity (Wildman–Crippen MR) is 100 cm³/mol. The van der Waals surface area contributed by atoms with Gasteiger partial charge in [0.25, 0.3) is 5.56 Å². The molecule has 9 nitrogen and oxygen atoms in total. The van der Waals surface area contributed by atoms with Crippen molar-refractivity contribution in [3.05, 3.63) is 35.1 Å². The topological polar surface area (TPSA) is 79.5 Å². The second kappa shape index (κ2) is 6.11. The van der Waals surface area contributed by atoms with Gasteiger partial charge in [-0.05, 0) is 19.3 Å². The van der Waals surface area contributed by atoms with Gasteiger partial charge < -0.3 is 14.4 Å². The Labute approximate surface area is 156 Å². The molecule has 0 N–H and O–H groups in total. The molecule has 142 valence electrons. The van der Waals surface area contributed by atoms with Gasteiger partial charge in [-0.25, -0.2) is 9.78 Å². The van der Waals surface area contributed by atoms with Crippen LogP contribution >= 0.6 is 0 Å². The molecule has 5 rings (SSSR count). The van der Waals surface area contributed by atoms with Crippen LogP contribution in [0.4, 0.5) is 16.3 Å². The van der Waals surface area contributed by atoms with Gasteiger partial charge in [-0.15, -0.1) is 0 Å². The highest BCUT2D eigenvalue weighted by Crippen LogP contribution is 2.34. The number of urea groups is 1. The van der Waals surface area contributed by atoms with E-state index in [0.29, 0.717) is 24.9 Å². The molecule has 3 fully saturated rings. The molecule has 2 aromatic rings. The molecule has 2 aromatic heterocycles. The SMILES string of the molecule is CN1CCN(c2cnn(C3CCN(c4nccn(C5CC5)c4=O)C3)c2)C1=O. The Balaban J connectivity index is 1.33. The molecular formula is C18H23N7O2. The zero-order valence-corrected chi connectivity index (χ0v) is 15.4. The molecule has 1 saturated carbocycles. The molecule has 0 radical (unpaired) electrons. The number of likely N-dealkylation sites (N-methyl/N-ethyl adjacent to an activating group) is 1. The van der Waals surface area contributed by atoms with E-state index in [-0.39, 0.29) is 17.6 Å². The normalized spacial score (nSPS) is 22.9. The Kier molecular flexibility index (Phi) is 3.70. The van der Waals surface area contributed by atoms with Gasteiger partial charge in [-0.1, -0.05) is 0 Å². The van der Waals surface area contributed by atoms with Crippen LogP contribution in [-0.4, -0.2) is 63.5 Å². The summed E-state index contributed by atoms with van der Waals surface area (Å²) < 4.78 is 3.74. The average Bonchev–Trinajstić information content (AvgIpc) is 3.04. The van der Waals surface area contributed by atoms with Crippen LogP contribution in [0.2, 0.25) is 0 Å². The highest BCUT2D eigenvalue weighted by Gasteiger charge is 2.32. The average molecular weight is 369 g/mol. The van der Waals surface area contributed by atoms with Crippen molar-refractivity contribution >= 4 is 17.5 Å². The van der Waals surface area contributed by atoms with E-state index < -0.39 is 0 Å². The summed E-state index contributed by atoms with van der Waals surface area (Å²) in [6.45, 7) is 2.90. The fraction of sp³-hybridized carbons (Fsp3) is 0.556. The van der Waals surface area contributed by atoms with Gasteiger partial charge in [0.15, 0.2) is 5.82 Å². The summed E-state index contributed by atoms with van der Waals surface area (Å²) in [5, 5.41) is 4.48. The standard InChI is InChI=1S/C18H23N7O2/c1-21-8-9-24(18(21)27)15-10-20-25(12-15)14-4-6-22(11-14)16-17(26)23(7-5-19-16)13-2-3-13/h5,7,10,12-14H,2-4,6,8-9,11H2,1H3. The number of carbonyl (C=O) groups is 1. The summed E-state index contributed by atoms with van der Waals surface area (Å²) in [6.07, 6.45) is 10.3. The number of aromatic nitrogens is 4. The Morgan fingerprint density at radius 2 is 1.93 bits per heavy atom. The molecular weight excluding hydrogens is 346 g/mol. The van der Waals surface area contributed by atoms with Crippen molar-refractivity contribution in [3.63, 3.8) is 0 Å². The molecule has 3 aliphatic rings. The third kappa shape index (κ3) is 2.77. The second-order valence-corrected chi connectivity index (χ2v) is 7.62. The lowest BCUT2D eigenvalue weighted by atomic mass is 10.3. The first-order valence-electron chi connectivity index (χ1n) is 9.50. The molecule has 1 atom stereocenters. The van der Waals surface area contributed by atoms with E-state index in [0.717, 1.165) is 38.0 Å². The Morgan fingerprint density at radius 1 is 1.07 bits per heavy atom. The molecule has 27 heavy (non-hydrogen) atoms. The summed E-state index contributed by atoms with van der Waals surface area (Å²) in [7, 11) is 1.81. The molecule has 2 aliphatic heterocycles. The molecule has 0 bridgehead atoms. The maximum Gasteiger partial charge on any atom is 0.324 e. The first-order chi connectivity index (χ1) is 13.1. The van der Waals surface area contributed by atoms with E-state index in [2.05, 4.69) is 15.0 Å². The summed E-state index contributed by atoms with van der Waals surface area (Å²) in [6, 6.07) is 0.532. The molecule has 9 heteroatoms. The first kappa shape index (κ1) is 16.3. The van der Waals surface area contributed by atoms with E-state index in [9.17, 15) is 9.59 Å². The van der Waals surface area contributed by atoms with Crippen molar-refractivity contribution in [2.75, 3.05) is 43.0 Å². The van der Waals surface area contributed by atoms with E-state index in [1.54, 1.807) is 28.4 Å². The van der Waals surface area contributed by atoms with E-state index in [1.165, 1.54) is 0 Å². The van der Waals surface area contributed by atoms with Gasteiger partial charge >= 0.3 is 6.03 Å². The van der Waals surface area contributed by atoms with Crippen molar-refractivity contribution < 1.29 is 4.79 Å². The van der Waals surface area contributed by atoms with Crippen LogP contribution in [0.3, 0.4) is 0 Å². The lowest BCUT2D eigenvalue weighted by Gasteiger charge is -2.18. The van der Waals surface area contributed by atoms with Crippen molar-refractivity contribution in [1.82, 2.24) is 24.2 Å². The highest BCUT2D eigenvalue weighted by molar-refractivity contribution is 5.93. The summed E-state index contributed by atoms with van der Waals surface area (Å²) in [5.41, 5.74) is 0.837. The smallest absolute Gasteiger partial charge is 0.324 e. The van der Waals surface area contributed by atoms with E-state index >= 15 is 0 Å². The zero-order chi connectivity index (χ0) is 18.5. The molecule has 4 heterocycles. The van der Waals surface area contributed by atoms with Crippen LogP contribution in [-0.2, 0) is 0 Å². The van der Waals surface area contributed by atoms with Crippen molar-refractivity contribution in [2.45, 2.75) is 31.3 Å². The van der Waals surface area contributed by atoms with Crippen molar-refractivity contribution in [1.29, 1.82) is 0 Å². The number of anilines is 2. The van der Waals surface area contributed by atoms with Gasteiger partial charge in [-0.2, -0.15) is 5.10 Å². The van der Waals surface area contributed by atoms with Crippen molar-refractivity contribution in [2.24, 2.45) is 0 Å². The summed E-state index contributed by atoms with van der Waals surface area (Å²) in [5.74, 6) is 0.538. The Bertz CT molecular complexity index is 932. The maximum atomic E-state index is 12.7.